The highest BCUT2D eigenvalue weighted by Crippen LogP contribution is 2.25. The van der Waals surface area contributed by atoms with E-state index in [2.05, 4.69) is 60.5 Å². The molecule has 5 heteroatoms. The van der Waals surface area contributed by atoms with Gasteiger partial charge in [0, 0.05) is 32.1 Å². The summed E-state index contributed by atoms with van der Waals surface area (Å²) < 4.78 is 0. The van der Waals surface area contributed by atoms with E-state index in [4.69, 9.17) is 0 Å². The van der Waals surface area contributed by atoms with Crippen molar-refractivity contribution in [1.82, 2.24) is 15.1 Å². The molecule has 1 N–H and O–H groups in total. The first-order valence-electron chi connectivity index (χ1n) is 12.4. The average molecular weight is 448 g/mol. The Balaban J connectivity index is 1.32. The number of carbonyl (C=O) groups excluding carboxylic acids is 2. The molecular formula is C28H37N3O2. The lowest BCUT2D eigenvalue weighted by atomic mass is 9.92. The highest BCUT2D eigenvalue weighted by atomic mass is 16.2. The van der Waals surface area contributed by atoms with Crippen LogP contribution in [0.3, 0.4) is 0 Å². The van der Waals surface area contributed by atoms with Gasteiger partial charge >= 0.3 is 0 Å². The molecule has 0 spiro atoms. The predicted octanol–water partition coefficient (Wildman–Crippen LogP) is 4.17. The fourth-order valence-electron chi connectivity index (χ4n) is 5.16. The third kappa shape index (κ3) is 6.02. The molecule has 2 aliphatic rings. The summed E-state index contributed by atoms with van der Waals surface area (Å²) >= 11 is 0. The van der Waals surface area contributed by atoms with E-state index in [1.807, 2.05) is 23.1 Å². The van der Waals surface area contributed by atoms with Crippen LogP contribution in [0.5, 0.6) is 0 Å². The number of hydrogen-bond donors (Lipinski definition) is 1. The van der Waals surface area contributed by atoms with Gasteiger partial charge in [0.25, 0.3) is 0 Å². The second-order valence-corrected chi connectivity index (χ2v) is 9.82. The van der Waals surface area contributed by atoms with Crippen LogP contribution in [0.2, 0.25) is 0 Å². The summed E-state index contributed by atoms with van der Waals surface area (Å²) in [6, 6.07) is 18.7. The normalized spacial score (nSPS) is 20.5. The number of nitrogens with zero attached hydrogens (tertiary/aromatic N) is 2. The van der Waals surface area contributed by atoms with Crippen LogP contribution in [0.15, 0.2) is 54.6 Å². The number of piperidine rings is 2. The van der Waals surface area contributed by atoms with Crippen molar-refractivity contribution < 1.29 is 9.59 Å². The number of nitrogens with one attached hydrogen (secondary N) is 1. The van der Waals surface area contributed by atoms with Gasteiger partial charge < -0.3 is 9.80 Å². The van der Waals surface area contributed by atoms with Gasteiger partial charge in [-0.15, -0.1) is 0 Å². The minimum absolute atomic E-state index is 0.0315. The lowest BCUT2D eigenvalue weighted by molar-refractivity contribution is -0.141. The lowest BCUT2D eigenvalue weighted by Gasteiger charge is -2.37. The molecule has 33 heavy (non-hydrogen) atoms. The van der Waals surface area contributed by atoms with E-state index in [1.165, 1.54) is 12.0 Å². The maximum Gasteiger partial charge on any atom is 0.236 e. The summed E-state index contributed by atoms with van der Waals surface area (Å²) in [6.45, 7) is 7.72. The number of amides is 2. The molecule has 0 saturated carbocycles. The maximum atomic E-state index is 13.0. The van der Waals surface area contributed by atoms with Crippen LogP contribution in [0, 0.1) is 18.8 Å². The summed E-state index contributed by atoms with van der Waals surface area (Å²) in [5.74, 6) is 1.08. The molecule has 176 valence electrons. The van der Waals surface area contributed by atoms with E-state index < -0.39 is 0 Å². The number of aryl methyl sites for hydroxylation is 1. The summed E-state index contributed by atoms with van der Waals surface area (Å²) in [5.41, 5.74) is 3.52. The predicted molar refractivity (Wildman–Crippen MR) is 132 cm³/mol. The van der Waals surface area contributed by atoms with E-state index in [0.717, 1.165) is 43.5 Å². The first-order valence-corrected chi connectivity index (χ1v) is 12.4. The minimum atomic E-state index is -0.0315. The van der Waals surface area contributed by atoms with Crippen LogP contribution in [-0.4, -0.2) is 54.3 Å². The van der Waals surface area contributed by atoms with E-state index >= 15 is 0 Å². The van der Waals surface area contributed by atoms with Gasteiger partial charge in [-0.25, -0.2) is 0 Å². The van der Waals surface area contributed by atoms with Crippen molar-refractivity contribution in [1.29, 1.82) is 0 Å². The Morgan fingerprint density at radius 3 is 2.24 bits per heavy atom. The van der Waals surface area contributed by atoms with Gasteiger partial charge in [0.15, 0.2) is 0 Å². The molecule has 2 fully saturated rings. The molecule has 4 rings (SSSR count). The Hall–Kier alpha value is -2.66. The largest absolute Gasteiger partial charge is 0.342 e. The third-order valence-electron chi connectivity index (χ3n) is 7.17. The van der Waals surface area contributed by atoms with Crippen molar-refractivity contribution in [3.05, 3.63) is 71.3 Å². The molecule has 2 amide bonds. The molecule has 2 atom stereocenters. The van der Waals surface area contributed by atoms with Crippen molar-refractivity contribution in [3.63, 3.8) is 0 Å². The SMILES string of the molecule is Cc1ccc(C(NCC(=O)N2CCC(C(=O)N3CCCC(C)C3)CC2)c2ccccc2)cc1. The van der Waals surface area contributed by atoms with Gasteiger partial charge in [-0.05, 0) is 49.7 Å². The van der Waals surface area contributed by atoms with Crippen molar-refractivity contribution in [3.8, 4) is 0 Å². The zero-order valence-corrected chi connectivity index (χ0v) is 20.0. The fourth-order valence-corrected chi connectivity index (χ4v) is 5.16. The average Bonchev–Trinajstić information content (AvgIpc) is 2.85. The summed E-state index contributed by atoms with van der Waals surface area (Å²) in [4.78, 5) is 29.9. The van der Waals surface area contributed by atoms with E-state index in [9.17, 15) is 9.59 Å². The van der Waals surface area contributed by atoms with Crippen LogP contribution in [-0.2, 0) is 9.59 Å². The van der Waals surface area contributed by atoms with Crippen LogP contribution >= 0.6 is 0 Å². The van der Waals surface area contributed by atoms with E-state index in [0.29, 0.717) is 24.9 Å². The first-order chi connectivity index (χ1) is 16.0. The topological polar surface area (TPSA) is 52.7 Å². The van der Waals surface area contributed by atoms with Gasteiger partial charge in [-0.3, -0.25) is 14.9 Å². The van der Waals surface area contributed by atoms with Crippen molar-refractivity contribution >= 4 is 11.8 Å². The van der Waals surface area contributed by atoms with E-state index in [1.54, 1.807) is 0 Å². The first kappa shape index (κ1) is 23.5. The Morgan fingerprint density at radius 1 is 0.909 bits per heavy atom. The van der Waals surface area contributed by atoms with Crippen LogP contribution in [0.25, 0.3) is 0 Å². The zero-order chi connectivity index (χ0) is 23.2. The molecule has 0 radical (unpaired) electrons. The summed E-state index contributed by atoms with van der Waals surface area (Å²) in [5, 5.41) is 3.49. The lowest BCUT2D eigenvalue weighted by Crippen LogP contribution is -2.48. The fraction of sp³-hybridized carbons (Fsp3) is 0.500. The molecule has 0 bridgehead atoms. The van der Waals surface area contributed by atoms with Crippen molar-refractivity contribution in [2.75, 3.05) is 32.7 Å². The number of hydrogen-bond acceptors (Lipinski definition) is 3. The highest BCUT2D eigenvalue weighted by Gasteiger charge is 2.31. The molecule has 2 unspecified atom stereocenters. The molecule has 5 nitrogen and oxygen atoms in total. The number of benzene rings is 2. The molecule has 2 saturated heterocycles. The molecule has 2 aromatic rings. The van der Waals surface area contributed by atoms with Crippen molar-refractivity contribution in [2.45, 2.75) is 45.6 Å². The Morgan fingerprint density at radius 2 is 1.58 bits per heavy atom. The molecule has 0 aliphatic carbocycles. The summed E-state index contributed by atoms with van der Waals surface area (Å²) in [7, 11) is 0. The molecule has 0 aromatic heterocycles. The Bertz CT molecular complexity index is 920. The molecule has 2 heterocycles. The smallest absolute Gasteiger partial charge is 0.236 e. The number of rotatable bonds is 6. The third-order valence-corrected chi connectivity index (χ3v) is 7.17. The van der Waals surface area contributed by atoms with Gasteiger partial charge in [-0.1, -0.05) is 67.1 Å². The van der Waals surface area contributed by atoms with Crippen molar-refractivity contribution in [2.24, 2.45) is 11.8 Å². The van der Waals surface area contributed by atoms with E-state index in [-0.39, 0.29) is 24.4 Å². The molecule has 2 aromatic carbocycles. The molecular weight excluding hydrogens is 410 g/mol. The Kier molecular flexibility index (Phi) is 7.81. The second kappa shape index (κ2) is 11.0. The minimum Gasteiger partial charge on any atom is -0.342 e. The zero-order valence-electron chi connectivity index (χ0n) is 20.0. The standard InChI is InChI=1S/C28H37N3O2/c1-21-10-12-24(13-11-21)27(23-8-4-3-5-9-23)29-19-26(32)30-17-14-25(15-18-30)28(33)31-16-6-7-22(2)20-31/h3-5,8-13,22,25,27,29H,6-7,14-20H2,1-2H3. The van der Waals surface area contributed by atoms with Gasteiger partial charge in [0.1, 0.15) is 0 Å². The second-order valence-electron chi connectivity index (χ2n) is 9.82. The number of carbonyl (C=O) groups is 2. The quantitative estimate of drug-likeness (QED) is 0.723. The van der Waals surface area contributed by atoms with Crippen LogP contribution < -0.4 is 5.32 Å². The number of likely N-dealkylation sites (tertiary alicyclic amines) is 2. The maximum absolute atomic E-state index is 13.0. The monoisotopic (exact) mass is 447 g/mol. The van der Waals surface area contributed by atoms with Gasteiger partial charge in [0.2, 0.25) is 11.8 Å². The van der Waals surface area contributed by atoms with Gasteiger partial charge in [-0.2, -0.15) is 0 Å². The Labute approximate surface area is 198 Å². The van der Waals surface area contributed by atoms with Gasteiger partial charge in [0.05, 0.1) is 12.6 Å². The van der Waals surface area contributed by atoms with Crippen LogP contribution in [0.4, 0.5) is 0 Å². The molecule has 2 aliphatic heterocycles. The summed E-state index contributed by atoms with van der Waals surface area (Å²) in [6.07, 6.45) is 3.88. The van der Waals surface area contributed by atoms with Crippen LogP contribution in [0.1, 0.15) is 55.3 Å². The highest BCUT2D eigenvalue weighted by molar-refractivity contribution is 5.81.